The predicted octanol–water partition coefficient (Wildman–Crippen LogP) is 4.40. The standard InChI is InChI=1S/C24H24N2O3/c1-18-9-8-12-20(17-18)29-16-15-26(2)24(28)21-13-6-7-14-22(21)25-23(27)19-10-4-3-5-11-19/h3-14,17H,15-16H2,1-2H3,(H,25,27). The average Bonchev–Trinajstić information content (AvgIpc) is 2.74. The summed E-state index contributed by atoms with van der Waals surface area (Å²) in [5, 5.41) is 2.83. The van der Waals surface area contributed by atoms with E-state index in [4.69, 9.17) is 4.74 Å². The van der Waals surface area contributed by atoms with Gasteiger partial charge in [0.2, 0.25) is 0 Å². The molecule has 5 nitrogen and oxygen atoms in total. The molecule has 0 heterocycles. The van der Waals surface area contributed by atoms with Crippen LogP contribution < -0.4 is 10.1 Å². The van der Waals surface area contributed by atoms with Crippen molar-refractivity contribution in [1.29, 1.82) is 0 Å². The van der Waals surface area contributed by atoms with Crippen molar-refractivity contribution in [3.63, 3.8) is 0 Å². The Labute approximate surface area is 170 Å². The van der Waals surface area contributed by atoms with Crippen molar-refractivity contribution in [3.8, 4) is 5.75 Å². The van der Waals surface area contributed by atoms with Crippen molar-refractivity contribution in [3.05, 3.63) is 95.6 Å². The summed E-state index contributed by atoms with van der Waals surface area (Å²) in [6.07, 6.45) is 0. The molecule has 148 valence electrons. The molecule has 0 aliphatic carbocycles. The third kappa shape index (κ3) is 5.45. The largest absolute Gasteiger partial charge is 0.492 e. The number of para-hydroxylation sites is 1. The second kappa shape index (κ2) is 9.55. The molecule has 0 aliphatic rings. The van der Waals surface area contributed by atoms with Crippen molar-refractivity contribution < 1.29 is 14.3 Å². The number of carbonyl (C=O) groups is 2. The van der Waals surface area contributed by atoms with Crippen LogP contribution in [0.2, 0.25) is 0 Å². The van der Waals surface area contributed by atoms with Gasteiger partial charge in [0.25, 0.3) is 11.8 Å². The molecule has 3 aromatic rings. The SMILES string of the molecule is Cc1cccc(OCCN(C)C(=O)c2ccccc2NC(=O)c2ccccc2)c1. The first-order chi connectivity index (χ1) is 14.0. The Balaban J connectivity index is 1.63. The number of nitrogens with one attached hydrogen (secondary N) is 1. The molecule has 0 spiro atoms. The van der Waals surface area contributed by atoms with E-state index in [9.17, 15) is 9.59 Å². The van der Waals surface area contributed by atoms with Crippen LogP contribution in [0.5, 0.6) is 5.75 Å². The molecule has 0 atom stereocenters. The smallest absolute Gasteiger partial charge is 0.255 e. The van der Waals surface area contributed by atoms with Crippen LogP contribution in [-0.4, -0.2) is 36.9 Å². The van der Waals surface area contributed by atoms with E-state index in [-0.39, 0.29) is 11.8 Å². The fraction of sp³-hybridized carbons (Fsp3) is 0.167. The zero-order valence-electron chi connectivity index (χ0n) is 16.6. The van der Waals surface area contributed by atoms with Crippen LogP contribution in [-0.2, 0) is 0 Å². The fourth-order valence-electron chi connectivity index (χ4n) is 2.88. The summed E-state index contributed by atoms with van der Waals surface area (Å²) in [5.74, 6) is 0.347. The second-order valence-corrected chi connectivity index (χ2v) is 6.76. The summed E-state index contributed by atoms with van der Waals surface area (Å²) in [5.41, 5.74) is 2.58. The summed E-state index contributed by atoms with van der Waals surface area (Å²) in [6, 6.07) is 23.7. The normalized spacial score (nSPS) is 10.3. The predicted molar refractivity (Wildman–Crippen MR) is 114 cm³/mol. The van der Waals surface area contributed by atoms with Gasteiger partial charge < -0.3 is 15.0 Å². The lowest BCUT2D eigenvalue weighted by Gasteiger charge is -2.19. The molecule has 29 heavy (non-hydrogen) atoms. The molecule has 0 saturated heterocycles. The summed E-state index contributed by atoms with van der Waals surface area (Å²) >= 11 is 0. The number of ether oxygens (including phenoxy) is 1. The molecular formula is C24H24N2O3. The Morgan fingerprint density at radius 2 is 1.66 bits per heavy atom. The first-order valence-electron chi connectivity index (χ1n) is 9.45. The molecule has 0 radical (unpaired) electrons. The highest BCUT2D eigenvalue weighted by molar-refractivity contribution is 6.08. The maximum absolute atomic E-state index is 12.9. The molecule has 3 rings (SSSR count). The van der Waals surface area contributed by atoms with E-state index in [0.717, 1.165) is 11.3 Å². The van der Waals surface area contributed by atoms with Gasteiger partial charge in [0.15, 0.2) is 0 Å². The Bertz CT molecular complexity index is 986. The minimum absolute atomic E-state index is 0.179. The molecule has 2 amide bonds. The average molecular weight is 388 g/mol. The van der Waals surface area contributed by atoms with Crippen LogP contribution in [0.15, 0.2) is 78.9 Å². The molecule has 0 unspecified atom stereocenters. The number of amides is 2. The number of hydrogen-bond acceptors (Lipinski definition) is 3. The van der Waals surface area contributed by atoms with Crippen molar-refractivity contribution >= 4 is 17.5 Å². The number of nitrogens with zero attached hydrogens (tertiary/aromatic N) is 1. The van der Waals surface area contributed by atoms with E-state index >= 15 is 0 Å². The van der Waals surface area contributed by atoms with Gasteiger partial charge in [0.1, 0.15) is 12.4 Å². The summed E-state index contributed by atoms with van der Waals surface area (Å²) in [4.78, 5) is 26.9. The van der Waals surface area contributed by atoms with Crippen molar-refractivity contribution in [2.45, 2.75) is 6.92 Å². The van der Waals surface area contributed by atoms with Crippen molar-refractivity contribution in [2.24, 2.45) is 0 Å². The van der Waals surface area contributed by atoms with Gasteiger partial charge in [-0.25, -0.2) is 0 Å². The molecule has 1 N–H and O–H groups in total. The Hall–Kier alpha value is -3.60. The van der Waals surface area contributed by atoms with Crippen LogP contribution in [0.4, 0.5) is 5.69 Å². The van der Waals surface area contributed by atoms with Crippen LogP contribution in [0.25, 0.3) is 0 Å². The van der Waals surface area contributed by atoms with Gasteiger partial charge in [0, 0.05) is 12.6 Å². The molecular weight excluding hydrogens is 364 g/mol. The van der Waals surface area contributed by atoms with Gasteiger partial charge in [-0.3, -0.25) is 9.59 Å². The van der Waals surface area contributed by atoms with E-state index in [1.807, 2.05) is 37.3 Å². The van der Waals surface area contributed by atoms with Crippen molar-refractivity contribution in [1.82, 2.24) is 4.90 Å². The fourth-order valence-corrected chi connectivity index (χ4v) is 2.88. The first kappa shape index (κ1) is 20.1. The highest BCUT2D eigenvalue weighted by Gasteiger charge is 2.17. The van der Waals surface area contributed by atoms with Crippen LogP contribution >= 0.6 is 0 Å². The minimum Gasteiger partial charge on any atom is -0.492 e. The molecule has 5 heteroatoms. The van der Waals surface area contributed by atoms with Gasteiger partial charge in [-0.2, -0.15) is 0 Å². The van der Waals surface area contributed by atoms with E-state index in [2.05, 4.69) is 5.32 Å². The highest BCUT2D eigenvalue weighted by atomic mass is 16.5. The minimum atomic E-state index is -0.253. The Kier molecular flexibility index (Phi) is 6.63. The van der Waals surface area contributed by atoms with E-state index < -0.39 is 0 Å². The molecule has 3 aromatic carbocycles. The quantitative estimate of drug-likeness (QED) is 0.653. The number of benzene rings is 3. The van der Waals surface area contributed by atoms with E-state index in [0.29, 0.717) is 30.0 Å². The van der Waals surface area contributed by atoms with Crippen molar-refractivity contribution in [2.75, 3.05) is 25.5 Å². The number of likely N-dealkylation sites (N-methyl/N-ethyl adjacent to an activating group) is 1. The lowest BCUT2D eigenvalue weighted by atomic mass is 10.1. The van der Waals surface area contributed by atoms with E-state index in [1.54, 1.807) is 60.5 Å². The number of anilines is 1. The summed E-state index contributed by atoms with van der Waals surface area (Å²) < 4.78 is 5.73. The lowest BCUT2D eigenvalue weighted by molar-refractivity contribution is 0.0774. The molecule has 0 aliphatic heterocycles. The zero-order valence-corrected chi connectivity index (χ0v) is 16.6. The summed E-state index contributed by atoms with van der Waals surface area (Å²) in [7, 11) is 1.72. The lowest BCUT2D eigenvalue weighted by Crippen LogP contribution is -2.31. The molecule has 0 saturated carbocycles. The number of hydrogen-bond donors (Lipinski definition) is 1. The third-order valence-corrected chi connectivity index (χ3v) is 4.47. The molecule has 0 bridgehead atoms. The van der Waals surface area contributed by atoms with Crippen LogP contribution in [0.1, 0.15) is 26.3 Å². The Morgan fingerprint density at radius 1 is 0.931 bits per heavy atom. The van der Waals surface area contributed by atoms with Gasteiger partial charge in [-0.1, -0.05) is 42.5 Å². The highest BCUT2D eigenvalue weighted by Crippen LogP contribution is 2.18. The topological polar surface area (TPSA) is 58.6 Å². The number of rotatable bonds is 7. The maximum Gasteiger partial charge on any atom is 0.255 e. The van der Waals surface area contributed by atoms with E-state index in [1.165, 1.54) is 0 Å². The Morgan fingerprint density at radius 3 is 2.41 bits per heavy atom. The van der Waals surface area contributed by atoms with Crippen LogP contribution in [0, 0.1) is 6.92 Å². The zero-order chi connectivity index (χ0) is 20.6. The van der Waals surface area contributed by atoms with Gasteiger partial charge in [-0.05, 0) is 48.9 Å². The maximum atomic E-state index is 12.9. The van der Waals surface area contributed by atoms with Gasteiger partial charge in [-0.15, -0.1) is 0 Å². The number of carbonyl (C=O) groups excluding carboxylic acids is 2. The number of aryl methyl sites for hydroxylation is 1. The second-order valence-electron chi connectivity index (χ2n) is 6.76. The summed E-state index contributed by atoms with van der Waals surface area (Å²) in [6.45, 7) is 2.81. The van der Waals surface area contributed by atoms with Crippen LogP contribution in [0.3, 0.4) is 0 Å². The van der Waals surface area contributed by atoms with Gasteiger partial charge >= 0.3 is 0 Å². The molecule has 0 fully saturated rings. The monoisotopic (exact) mass is 388 g/mol. The third-order valence-electron chi connectivity index (χ3n) is 4.47. The molecule has 0 aromatic heterocycles. The van der Waals surface area contributed by atoms with Gasteiger partial charge in [0.05, 0.1) is 17.8 Å². The first-order valence-corrected chi connectivity index (χ1v) is 9.45.